The quantitative estimate of drug-likeness (QED) is 0.282. The van der Waals surface area contributed by atoms with E-state index in [4.69, 9.17) is 5.84 Å². The Balaban J connectivity index is 2.81. The largest absolute Gasteiger partial charge is 0.506 e. The number of anilines is 1. The topological polar surface area (TPSA) is 84.6 Å². The fourth-order valence-electron chi connectivity index (χ4n) is 1.05. The van der Waals surface area contributed by atoms with Crippen molar-refractivity contribution < 1.29 is 14.6 Å². The molecule has 0 unspecified atom stereocenters. The van der Waals surface area contributed by atoms with Gasteiger partial charge in [-0.3, -0.25) is 10.6 Å². The fraction of sp³-hybridized carbons (Fsp3) is 0.222. The van der Waals surface area contributed by atoms with Gasteiger partial charge in [0, 0.05) is 0 Å². The minimum absolute atomic E-state index is 0.00824. The number of phenols is 1. The lowest BCUT2D eigenvalue weighted by Crippen LogP contribution is -2.08. The first-order chi connectivity index (χ1) is 6.67. The summed E-state index contributed by atoms with van der Waals surface area (Å²) >= 11 is 0. The van der Waals surface area contributed by atoms with Crippen molar-refractivity contribution in [1.82, 2.24) is 0 Å². The van der Waals surface area contributed by atoms with Gasteiger partial charge in [0.05, 0.1) is 19.2 Å². The third-order valence-corrected chi connectivity index (χ3v) is 1.79. The Labute approximate surface area is 81.5 Å². The lowest BCUT2D eigenvalue weighted by Gasteiger charge is -2.05. The zero-order chi connectivity index (χ0) is 10.6. The summed E-state index contributed by atoms with van der Waals surface area (Å²) < 4.78 is 4.49. The number of esters is 1. The highest BCUT2D eigenvalue weighted by Gasteiger charge is 2.05. The van der Waals surface area contributed by atoms with Crippen LogP contribution in [0.5, 0.6) is 5.75 Å². The molecule has 1 aromatic rings. The van der Waals surface area contributed by atoms with Crippen LogP contribution in [-0.4, -0.2) is 18.2 Å². The summed E-state index contributed by atoms with van der Waals surface area (Å²) in [6, 6.07) is 4.74. The average molecular weight is 196 g/mol. The molecule has 0 saturated heterocycles. The van der Waals surface area contributed by atoms with Crippen LogP contribution >= 0.6 is 0 Å². The minimum Gasteiger partial charge on any atom is -0.506 e. The molecule has 0 aliphatic heterocycles. The number of nitrogen functional groups attached to an aromatic ring is 1. The van der Waals surface area contributed by atoms with Crippen molar-refractivity contribution in [2.45, 2.75) is 6.42 Å². The molecule has 1 aromatic carbocycles. The van der Waals surface area contributed by atoms with Crippen molar-refractivity contribution in [2.75, 3.05) is 12.5 Å². The molecular formula is C9H12N2O3. The molecule has 0 aliphatic carbocycles. The maximum atomic E-state index is 10.9. The number of carbonyl (C=O) groups excluding carboxylic acids is 1. The number of methoxy groups -OCH3 is 1. The van der Waals surface area contributed by atoms with Crippen LogP contribution in [0.3, 0.4) is 0 Å². The standard InChI is InChI=1S/C9H12N2O3/c1-14-9(13)5-6-2-3-7(11-10)8(12)4-6/h2-4,11-12H,5,10H2,1H3. The number of carbonyl (C=O) groups is 1. The summed E-state index contributed by atoms with van der Waals surface area (Å²) in [5.41, 5.74) is 3.41. The second kappa shape index (κ2) is 4.48. The van der Waals surface area contributed by atoms with Gasteiger partial charge in [-0.2, -0.15) is 0 Å². The lowest BCUT2D eigenvalue weighted by molar-refractivity contribution is -0.139. The highest BCUT2D eigenvalue weighted by molar-refractivity contribution is 5.73. The molecule has 14 heavy (non-hydrogen) atoms. The van der Waals surface area contributed by atoms with Crippen molar-refractivity contribution in [1.29, 1.82) is 0 Å². The van der Waals surface area contributed by atoms with E-state index in [1.165, 1.54) is 13.2 Å². The van der Waals surface area contributed by atoms with Crippen molar-refractivity contribution in [3.63, 3.8) is 0 Å². The van der Waals surface area contributed by atoms with Crippen molar-refractivity contribution >= 4 is 11.7 Å². The Morgan fingerprint density at radius 2 is 2.36 bits per heavy atom. The molecule has 5 heteroatoms. The number of phenolic OH excluding ortho intramolecular Hbond substituents is 1. The molecular weight excluding hydrogens is 184 g/mol. The van der Waals surface area contributed by atoms with E-state index >= 15 is 0 Å². The van der Waals surface area contributed by atoms with Crippen molar-refractivity contribution in [3.8, 4) is 5.75 Å². The molecule has 5 nitrogen and oxygen atoms in total. The highest BCUT2D eigenvalue weighted by Crippen LogP contribution is 2.23. The average Bonchev–Trinajstić information content (AvgIpc) is 2.18. The predicted octanol–water partition coefficient (Wildman–Crippen LogP) is 0.393. The predicted molar refractivity (Wildman–Crippen MR) is 51.6 cm³/mol. The van der Waals surface area contributed by atoms with Crippen LogP contribution < -0.4 is 11.3 Å². The third-order valence-electron chi connectivity index (χ3n) is 1.79. The Bertz CT molecular complexity index is 339. The molecule has 0 heterocycles. The first-order valence-corrected chi connectivity index (χ1v) is 4.02. The van der Waals surface area contributed by atoms with E-state index in [2.05, 4.69) is 10.2 Å². The molecule has 0 spiro atoms. The number of ether oxygens (including phenoxy) is 1. The van der Waals surface area contributed by atoms with Crippen LogP contribution in [0.25, 0.3) is 0 Å². The van der Waals surface area contributed by atoms with Gasteiger partial charge in [-0.25, -0.2) is 0 Å². The molecule has 0 radical (unpaired) electrons. The number of aromatic hydroxyl groups is 1. The zero-order valence-corrected chi connectivity index (χ0v) is 7.78. The molecule has 4 N–H and O–H groups in total. The normalized spacial score (nSPS) is 9.57. The molecule has 0 amide bonds. The van der Waals surface area contributed by atoms with Crippen LogP contribution in [0.1, 0.15) is 5.56 Å². The SMILES string of the molecule is COC(=O)Cc1ccc(NN)c(O)c1. The third kappa shape index (κ3) is 2.37. The van der Waals surface area contributed by atoms with Crippen molar-refractivity contribution in [2.24, 2.45) is 5.84 Å². The molecule has 0 atom stereocenters. The van der Waals surface area contributed by atoms with E-state index in [0.717, 1.165) is 0 Å². The van der Waals surface area contributed by atoms with E-state index in [1.807, 2.05) is 0 Å². The maximum absolute atomic E-state index is 10.9. The molecule has 0 saturated carbocycles. The summed E-state index contributed by atoms with van der Waals surface area (Å²) in [6.07, 6.45) is 0.134. The van der Waals surface area contributed by atoms with Crippen LogP contribution in [0.4, 0.5) is 5.69 Å². The second-order valence-electron chi connectivity index (χ2n) is 2.75. The van der Waals surface area contributed by atoms with Crippen LogP contribution in [0.2, 0.25) is 0 Å². The monoisotopic (exact) mass is 196 g/mol. The second-order valence-corrected chi connectivity index (χ2v) is 2.75. The Hall–Kier alpha value is -1.75. The maximum Gasteiger partial charge on any atom is 0.309 e. The number of nitrogens with one attached hydrogen (secondary N) is 1. The number of hydrazine groups is 1. The number of rotatable bonds is 3. The van der Waals surface area contributed by atoms with Gasteiger partial charge in [-0.15, -0.1) is 0 Å². The Kier molecular flexibility index (Phi) is 3.30. The van der Waals surface area contributed by atoms with Crippen molar-refractivity contribution in [3.05, 3.63) is 23.8 Å². The minimum atomic E-state index is -0.349. The van der Waals surface area contributed by atoms with E-state index in [0.29, 0.717) is 11.3 Å². The van der Waals surface area contributed by atoms with E-state index in [-0.39, 0.29) is 18.1 Å². The molecule has 0 aliphatic rings. The smallest absolute Gasteiger partial charge is 0.309 e. The molecule has 0 bridgehead atoms. The van der Waals surface area contributed by atoms with E-state index in [1.54, 1.807) is 12.1 Å². The van der Waals surface area contributed by atoms with Gasteiger partial charge in [-0.05, 0) is 17.7 Å². The van der Waals surface area contributed by atoms with Gasteiger partial charge in [0.25, 0.3) is 0 Å². The number of nitrogens with two attached hydrogens (primary N) is 1. The lowest BCUT2D eigenvalue weighted by atomic mass is 10.1. The van der Waals surface area contributed by atoms with Gasteiger partial charge < -0.3 is 15.3 Å². The van der Waals surface area contributed by atoms with Crippen LogP contribution in [-0.2, 0) is 16.0 Å². The van der Waals surface area contributed by atoms with E-state index in [9.17, 15) is 9.90 Å². The van der Waals surface area contributed by atoms with Crippen LogP contribution in [0.15, 0.2) is 18.2 Å². The molecule has 0 aromatic heterocycles. The Morgan fingerprint density at radius 3 is 2.86 bits per heavy atom. The summed E-state index contributed by atoms with van der Waals surface area (Å²) in [5.74, 6) is 4.79. The summed E-state index contributed by atoms with van der Waals surface area (Å²) in [6.45, 7) is 0. The number of hydrogen-bond donors (Lipinski definition) is 3. The number of hydrogen-bond acceptors (Lipinski definition) is 5. The summed E-state index contributed by atoms with van der Waals surface area (Å²) in [5, 5.41) is 9.38. The first-order valence-electron chi connectivity index (χ1n) is 4.02. The highest BCUT2D eigenvalue weighted by atomic mass is 16.5. The number of benzene rings is 1. The first kappa shape index (κ1) is 10.3. The van der Waals surface area contributed by atoms with Gasteiger partial charge in [0.2, 0.25) is 0 Å². The van der Waals surface area contributed by atoms with Gasteiger partial charge >= 0.3 is 5.97 Å². The van der Waals surface area contributed by atoms with Gasteiger partial charge in [-0.1, -0.05) is 6.07 Å². The van der Waals surface area contributed by atoms with Crippen LogP contribution in [0, 0.1) is 0 Å². The summed E-state index contributed by atoms with van der Waals surface area (Å²) in [4.78, 5) is 10.9. The van der Waals surface area contributed by atoms with E-state index < -0.39 is 0 Å². The molecule has 76 valence electrons. The molecule has 0 fully saturated rings. The Morgan fingerprint density at radius 1 is 1.64 bits per heavy atom. The fourth-order valence-corrected chi connectivity index (χ4v) is 1.05. The zero-order valence-electron chi connectivity index (χ0n) is 7.78. The van der Waals surface area contributed by atoms with Gasteiger partial charge in [0.15, 0.2) is 0 Å². The van der Waals surface area contributed by atoms with Gasteiger partial charge in [0.1, 0.15) is 5.75 Å². The molecule has 1 rings (SSSR count). The summed E-state index contributed by atoms with van der Waals surface area (Å²) in [7, 11) is 1.32.